The summed E-state index contributed by atoms with van der Waals surface area (Å²) >= 11 is 1.57. The second-order valence-electron chi connectivity index (χ2n) is 4.86. The van der Waals surface area contributed by atoms with Gasteiger partial charge in [0.05, 0.1) is 12.5 Å². The Morgan fingerprint density at radius 3 is 2.78 bits per heavy atom. The standard InChI is InChI=1S/C19H16O3S/c1-4-17(20)10-8-13-19(2,18(21)22-3)12-7-5-6-9-16-11-14-23-15-16/h1,11,14-15,17,20H,12-13H2,2-3H3. The van der Waals surface area contributed by atoms with E-state index < -0.39 is 17.5 Å². The van der Waals surface area contributed by atoms with Gasteiger partial charge in [-0.2, -0.15) is 11.3 Å². The maximum absolute atomic E-state index is 11.9. The number of hydrogen-bond acceptors (Lipinski definition) is 4. The van der Waals surface area contributed by atoms with Crippen LogP contribution in [0.1, 0.15) is 25.3 Å². The Bertz CT molecular complexity index is 751. The highest BCUT2D eigenvalue weighted by atomic mass is 32.1. The van der Waals surface area contributed by atoms with Crippen molar-refractivity contribution in [2.24, 2.45) is 5.41 Å². The third-order valence-corrected chi connectivity index (χ3v) is 3.59. The largest absolute Gasteiger partial charge is 0.469 e. The van der Waals surface area contributed by atoms with Crippen LogP contribution in [0.5, 0.6) is 0 Å². The molecule has 0 aliphatic carbocycles. The minimum absolute atomic E-state index is 0.186. The third-order valence-electron chi connectivity index (χ3n) is 2.91. The van der Waals surface area contributed by atoms with Crippen LogP contribution in [0, 0.1) is 53.3 Å². The highest BCUT2D eigenvalue weighted by Gasteiger charge is 2.32. The van der Waals surface area contributed by atoms with Gasteiger partial charge in [-0.3, -0.25) is 4.79 Å². The molecule has 116 valence electrons. The van der Waals surface area contributed by atoms with Crippen molar-refractivity contribution in [3.8, 4) is 47.9 Å². The number of carbonyl (C=O) groups excluding carboxylic acids is 1. The molecule has 0 saturated carbocycles. The molecule has 0 fully saturated rings. The number of ether oxygens (including phenoxy) is 1. The third kappa shape index (κ3) is 6.34. The van der Waals surface area contributed by atoms with Gasteiger partial charge in [-0.05, 0) is 30.2 Å². The Kier molecular flexibility index (Phi) is 7.53. The van der Waals surface area contributed by atoms with Crippen LogP contribution in [0.25, 0.3) is 0 Å². The fraction of sp³-hybridized carbons (Fsp3) is 0.316. The summed E-state index contributed by atoms with van der Waals surface area (Å²) in [6.45, 7) is 1.71. The van der Waals surface area contributed by atoms with Gasteiger partial charge < -0.3 is 9.84 Å². The van der Waals surface area contributed by atoms with Crippen LogP contribution in [-0.4, -0.2) is 24.3 Å². The number of esters is 1. The highest BCUT2D eigenvalue weighted by Crippen LogP contribution is 2.26. The van der Waals surface area contributed by atoms with Crippen LogP contribution in [0.15, 0.2) is 16.8 Å². The molecule has 0 saturated heterocycles. The molecule has 3 nitrogen and oxygen atoms in total. The fourth-order valence-electron chi connectivity index (χ4n) is 1.56. The molecule has 1 aromatic heterocycles. The maximum atomic E-state index is 11.9. The molecule has 0 spiro atoms. The Morgan fingerprint density at radius 2 is 2.17 bits per heavy atom. The zero-order valence-corrected chi connectivity index (χ0v) is 13.8. The van der Waals surface area contributed by atoms with Crippen molar-refractivity contribution in [3.63, 3.8) is 0 Å². The average Bonchev–Trinajstić information content (AvgIpc) is 3.06. The van der Waals surface area contributed by atoms with Crippen LogP contribution in [-0.2, 0) is 9.53 Å². The molecular formula is C19H16O3S. The van der Waals surface area contributed by atoms with E-state index in [2.05, 4.69) is 41.4 Å². The first-order valence-corrected chi connectivity index (χ1v) is 7.68. The highest BCUT2D eigenvalue weighted by molar-refractivity contribution is 7.08. The first-order valence-electron chi connectivity index (χ1n) is 6.74. The van der Waals surface area contributed by atoms with E-state index in [-0.39, 0.29) is 12.8 Å². The van der Waals surface area contributed by atoms with E-state index in [1.54, 1.807) is 18.3 Å². The molecule has 4 heteroatoms. The van der Waals surface area contributed by atoms with E-state index in [1.165, 1.54) is 7.11 Å². The van der Waals surface area contributed by atoms with Gasteiger partial charge in [0.2, 0.25) is 0 Å². The number of terminal acetylenes is 1. The van der Waals surface area contributed by atoms with Crippen LogP contribution in [0.3, 0.4) is 0 Å². The van der Waals surface area contributed by atoms with Gasteiger partial charge in [0.15, 0.2) is 6.10 Å². The Balaban J connectivity index is 2.76. The predicted octanol–water partition coefficient (Wildman–Crippen LogP) is 2.06. The first kappa shape index (κ1) is 18.4. The summed E-state index contributed by atoms with van der Waals surface area (Å²) < 4.78 is 4.80. The van der Waals surface area contributed by atoms with Crippen LogP contribution in [0.2, 0.25) is 0 Å². The lowest BCUT2D eigenvalue weighted by atomic mass is 9.83. The number of rotatable bonds is 3. The van der Waals surface area contributed by atoms with E-state index in [1.807, 2.05) is 16.8 Å². The molecule has 0 aliphatic heterocycles. The second kappa shape index (κ2) is 9.40. The van der Waals surface area contributed by atoms with Crippen molar-refractivity contribution < 1.29 is 14.6 Å². The lowest BCUT2D eigenvalue weighted by molar-refractivity contribution is -0.151. The van der Waals surface area contributed by atoms with E-state index >= 15 is 0 Å². The summed E-state index contributed by atoms with van der Waals surface area (Å²) in [7, 11) is 1.31. The summed E-state index contributed by atoms with van der Waals surface area (Å²) in [6.07, 6.45) is 4.33. The van der Waals surface area contributed by atoms with Gasteiger partial charge in [-0.15, -0.1) is 6.42 Å². The number of aliphatic hydroxyl groups excluding tert-OH is 1. The zero-order chi connectivity index (χ0) is 17.1. The molecule has 1 N–H and O–H groups in total. The molecular weight excluding hydrogens is 308 g/mol. The van der Waals surface area contributed by atoms with Crippen molar-refractivity contribution in [1.82, 2.24) is 0 Å². The molecule has 23 heavy (non-hydrogen) atoms. The minimum atomic E-state index is -1.14. The molecule has 1 heterocycles. The van der Waals surface area contributed by atoms with Crippen molar-refractivity contribution in [2.45, 2.75) is 25.9 Å². The van der Waals surface area contributed by atoms with Crippen molar-refractivity contribution >= 4 is 17.3 Å². The molecule has 0 aliphatic rings. The lowest BCUT2D eigenvalue weighted by Crippen LogP contribution is -2.28. The SMILES string of the molecule is C#CC(O)C#CCC(C)(CC#CC#Cc1ccsc1)C(=O)OC. The topological polar surface area (TPSA) is 46.5 Å². The summed E-state index contributed by atoms with van der Waals surface area (Å²) in [4.78, 5) is 11.9. The van der Waals surface area contributed by atoms with E-state index in [9.17, 15) is 9.90 Å². The second-order valence-corrected chi connectivity index (χ2v) is 5.64. The Labute approximate surface area is 141 Å². The summed E-state index contributed by atoms with van der Waals surface area (Å²) in [5.41, 5.74) is 0.0156. The van der Waals surface area contributed by atoms with Crippen LogP contribution in [0.4, 0.5) is 0 Å². The quantitative estimate of drug-likeness (QED) is 0.684. The average molecular weight is 324 g/mol. The minimum Gasteiger partial charge on any atom is -0.469 e. The lowest BCUT2D eigenvalue weighted by Gasteiger charge is -2.21. The van der Waals surface area contributed by atoms with Gasteiger partial charge in [0.25, 0.3) is 0 Å². The first-order chi connectivity index (χ1) is 11.0. The van der Waals surface area contributed by atoms with Gasteiger partial charge in [0, 0.05) is 23.8 Å². The van der Waals surface area contributed by atoms with Gasteiger partial charge in [0.1, 0.15) is 0 Å². The van der Waals surface area contributed by atoms with Gasteiger partial charge in [-0.1, -0.05) is 29.6 Å². The molecule has 0 amide bonds. The van der Waals surface area contributed by atoms with Crippen LogP contribution >= 0.6 is 11.3 Å². The van der Waals surface area contributed by atoms with Gasteiger partial charge >= 0.3 is 5.97 Å². The molecule has 0 radical (unpaired) electrons. The molecule has 2 atom stereocenters. The fourth-order valence-corrected chi connectivity index (χ4v) is 2.15. The number of hydrogen-bond donors (Lipinski definition) is 1. The van der Waals surface area contributed by atoms with Gasteiger partial charge in [-0.25, -0.2) is 0 Å². The number of carbonyl (C=O) groups is 1. The van der Waals surface area contributed by atoms with E-state index in [0.29, 0.717) is 0 Å². The van der Waals surface area contributed by atoms with Crippen molar-refractivity contribution in [2.75, 3.05) is 7.11 Å². The number of thiophene rings is 1. The molecule has 1 aromatic rings. The van der Waals surface area contributed by atoms with E-state index in [0.717, 1.165) is 5.56 Å². The molecule has 0 bridgehead atoms. The van der Waals surface area contributed by atoms with Crippen LogP contribution < -0.4 is 0 Å². The summed E-state index contributed by atoms with van der Waals surface area (Å²) in [5.74, 6) is 18.1. The van der Waals surface area contributed by atoms with E-state index in [4.69, 9.17) is 11.2 Å². The number of methoxy groups -OCH3 is 1. The molecule has 1 rings (SSSR count). The summed E-state index contributed by atoms with van der Waals surface area (Å²) in [5, 5.41) is 13.1. The smallest absolute Gasteiger partial charge is 0.313 e. The normalized spacial score (nSPS) is 12.6. The number of aliphatic hydroxyl groups is 1. The zero-order valence-electron chi connectivity index (χ0n) is 13.0. The Morgan fingerprint density at radius 1 is 1.43 bits per heavy atom. The predicted molar refractivity (Wildman–Crippen MR) is 90.9 cm³/mol. The maximum Gasteiger partial charge on any atom is 0.313 e. The van der Waals surface area contributed by atoms with Crippen molar-refractivity contribution in [1.29, 1.82) is 0 Å². The summed E-state index contributed by atoms with van der Waals surface area (Å²) in [6, 6.07) is 1.91. The molecule has 0 aromatic carbocycles. The molecule has 2 unspecified atom stereocenters. The Hall–Kier alpha value is -2.63. The van der Waals surface area contributed by atoms with Crippen molar-refractivity contribution in [3.05, 3.63) is 22.4 Å². The monoisotopic (exact) mass is 324 g/mol.